The molecule has 0 bridgehead atoms. The number of carboxylic acid groups (broad SMARTS) is 1. The fraction of sp³-hybridized carbons (Fsp3) is 0. The van der Waals surface area contributed by atoms with E-state index in [4.69, 9.17) is 5.11 Å². The third-order valence-corrected chi connectivity index (χ3v) is 2.66. The third-order valence-electron chi connectivity index (χ3n) is 2.66. The lowest BCUT2D eigenvalue weighted by Gasteiger charge is -1.96. The Hall–Kier alpha value is -2.76. The first-order valence-corrected chi connectivity index (χ1v) is 5.50. The van der Waals surface area contributed by atoms with E-state index in [1.165, 1.54) is 22.7 Å². The standard InChI is InChI=1S/C13H8FN3O2/c14-9-4-1-3-8(7-9)12-15-11-6-2-5-10(13(18)19)17(11)16-12/h1-7H,(H,18,19). The van der Waals surface area contributed by atoms with E-state index >= 15 is 0 Å². The van der Waals surface area contributed by atoms with E-state index in [1.807, 2.05) is 0 Å². The van der Waals surface area contributed by atoms with Crippen molar-refractivity contribution >= 4 is 11.6 Å². The van der Waals surface area contributed by atoms with Gasteiger partial charge in [-0.15, -0.1) is 5.10 Å². The van der Waals surface area contributed by atoms with Crippen LogP contribution in [0, 0.1) is 5.82 Å². The minimum atomic E-state index is -1.10. The molecule has 94 valence electrons. The molecule has 5 nitrogen and oxygen atoms in total. The molecule has 0 spiro atoms. The van der Waals surface area contributed by atoms with Crippen LogP contribution in [0.25, 0.3) is 17.0 Å². The monoisotopic (exact) mass is 257 g/mol. The van der Waals surface area contributed by atoms with Crippen LogP contribution in [-0.2, 0) is 0 Å². The van der Waals surface area contributed by atoms with Gasteiger partial charge in [-0.05, 0) is 24.3 Å². The van der Waals surface area contributed by atoms with Crippen LogP contribution >= 0.6 is 0 Å². The van der Waals surface area contributed by atoms with Gasteiger partial charge < -0.3 is 5.11 Å². The first kappa shape index (κ1) is 11.3. The number of carbonyl (C=O) groups is 1. The van der Waals surface area contributed by atoms with Crippen LogP contribution in [-0.4, -0.2) is 25.7 Å². The van der Waals surface area contributed by atoms with Crippen LogP contribution in [0.4, 0.5) is 4.39 Å². The number of benzene rings is 1. The zero-order valence-corrected chi connectivity index (χ0v) is 9.62. The molecule has 0 saturated heterocycles. The molecule has 0 amide bonds. The molecule has 2 aromatic heterocycles. The van der Waals surface area contributed by atoms with Gasteiger partial charge in [-0.1, -0.05) is 18.2 Å². The maximum absolute atomic E-state index is 13.2. The second-order valence-corrected chi connectivity index (χ2v) is 3.93. The van der Waals surface area contributed by atoms with Crippen molar-refractivity contribution in [2.24, 2.45) is 0 Å². The van der Waals surface area contributed by atoms with Crippen LogP contribution in [0.2, 0.25) is 0 Å². The number of aromatic nitrogens is 3. The minimum absolute atomic E-state index is 0.00709. The molecule has 0 radical (unpaired) electrons. The van der Waals surface area contributed by atoms with Crippen molar-refractivity contribution in [2.75, 3.05) is 0 Å². The lowest BCUT2D eigenvalue weighted by molar-refractivity contribution is 0.0687. The Kier molecular flexibility index (Phi) is 2.49. The van der Waals surface area contributed by atoms with Crippen molar-refractivity contribution in [1.29, 1.82) is 0 Å². The highest BCUT2D eigenvalue weighted by Crippen LogP contribution is 2.18. The van der Waals surface area contributed by atoms with Crippen LogP contribution in [0.15, 0.2) is 42.5 Å². The maximum Gasteiger partial charge on any atom is 0.354 e. The summed E-state index contributed by atoms with van der Waals surface area (Å²) in [6.45, 7) is 0. The van der Waals surface area contributed by atoms with E-state index < -0.39 is 11.8 Å². The number of fused-ring (bicyclic) bond motifs is 1. The smallest absolute Gasteiger partial charge is 0.354 e. The average Bonchev–Trinajstić information content (AvgIpc) is 2.82. The van der Waals surface area contributed by atoms with Gasteiger partial charge in [0.1, 0.15) is 5.82 Å². The zero-order valence-electron chi connectivity index (χ0n) is 9.62. The van der Waals surface area contributed by atoms with E-state index in [0.29, 0.717) is 11.2 Å². The molecule has 0 unspecified atom stereocenters. The molecule has 1 N–H and O–H groups in total. The molecular weight excluding hydrogens is 249 g/mol. The highest BCUT2D eigenvalue weighted by Gasteiger charge is 2.13. The number of rotatable bonds is 2. The number of carboxylic acids is 1. The quantitative estimate of drug-likeness (QED) is 0.764. The fourth-order valence-corrected chi connectivity index (χ4v) is 1.82. The van der Waals surface area contributed by atoms with Gasteiger partial charge in [0.2, 0.25) is 0 Å². The zero-order chi connectivity index (χ0) is 13.4. The van der Waals surface area contributed by atoms with E-state index in [0.717, 1.165) is 0 Å². The maximum atomic E-state index is 13.2. The van der Waals surface area contributed by atoms with E-state index in [1.54, 1.807) is 24.3 Å². The van der Waals surface area contributed by atoms with Gasteiger partial charge in [0.25, 0.3) is 0 Å². The number of hydrogen-bond acceptors (Lipinski definition) is 3. The van der Waals surface area contributed by atoms with E-state index in [-0.39, 0.29) is 11.5 Å². The highest BCUT2D eigenvalue weighted by atomic mass is 19.1. The van der Waals surface area contributed by atoms with Gasteiger partial charge in [-0.3, -0.25) is 0 Å². The molecule has 0 fully saturated rings. The molecule has 0 aliphatic rings. The van der Waals surface area contributed by atoms with Gasteiger partial charge in [0, 0.05) is 5.56 Å². The van der Waals surface area contributed by atoms with Crippen LogP contribution in [0.5, 0.6) is 0 Å². The van der Waals surface area contributed by atoms with Gasteiger partial charge in [0.15, 0.2) is 17.2 Å². The van der Waals surface area contributed by atoms with Gasteiger partial charge in [-0.2, -0.15) is 0 Å². The summed E-state index contributed by atoms with van der Waals surface area (Å²) >= 11 is 0. The Morgan fingerprint density at radius 3 is 2.74 bits per heavy atom. The Morgan fingerprint density at radius 1 is 1.21 bits per heavy atom. The van der Waals surface area contributed by atoms with Crippen LogP contribution in [0.3, 0.4) is 0 Å². The predicted octanol–water partition coefficient (Wildman–Crippen LogP) is 2.23. The lowest BCUT2D eigenvalue weighted by atomic mass is 10.2. The summed E-state index contributed by atoms with van der Waals surface area (Å²) in [4.78, 5) is 15.3. The second kappa shape index (κ2) is 4.16. The van der Waals surface area contributed by atoms with Crippen molar-refractivity contribution in [2.45, 2.75) is 0 Å². The number of pyridine rings is 1. The van der Waals surface area contributed by atoms with Gasteiger partial charge in [0.05, 0.1) is 0 Å². The Bertz CT molecular complexity index is 782. The average molecular weight is 257 g/mol. The third kappa shape index (κ3) is 1.93. The molecule has 0 aliphatic carbocycles. The van der Waals surface area contributed by atoms with Crippen molar-refractivity contribution in [3.63, 3.8) is 0 Å². The van der Waals surface area contributed by atoms with Gasteiger partial charge >= 0.3 is 5.97 Å². The fourth-order valence-electron chi connectivity index (χ4n) is 1.82. The molecule has 6 heteroatoms. The van der Waals surface area contributed by atoms with Crippen molar-refractivity contribution in [3.05, 3.63) is 54.0 Å². The SMILES string of the molecule is O=C(O)c1cccc2nc(-c3cccc(F)c3)nn12. The van der Waals surface area contributed by atoms with E-state index in [2.05, 4.69) is 10.1 Å². The molecule has 0 saturated carbocycles. The lowest BCUT2D eigenvalue weighted by Crippen LogP contribution is -2.05. The topological polar surface area (TPSA) is 67.5 Å². The summed E-state index contributed by atoms with van der Waals surface area (Å²) in [6, 6.07) is 10.5. The van der Waals surface area contributed by atoms with Gasteiger partial charge in [-0.25, -0.2) is 18.7 Å². The van der Waals surface area contributed by atoms with Crippen molar-refractivity contribution in [1.82, 2.24) is 14.6 Å². The molecule has 1 aromatic carbocycles. The number of halogens is 1. The normalized spacial score (nSPS) is 10.8. The summed E-state index contributed by atoms with van der Waals surface area (Å²) < 4.78 is 14.4. The predicted molar refractivity (Wildman–Crippen MR) is 65.3 cm³/mol. The van der Waals surface area contributed by atoms with Crippen LogP contribution < -0.4 is 0 Å². The minimum Gasteiger partial charge on any atom is -0.477 e. The van der Waals surface area contributed by atoms with Crippen LogP contribution in [0.1, 0.15) is 10.5 Å². The summed E-state index contributed by atoms with van der Waals surface area (Å²) in [5, 5.41) is 13.2. The summed E-state index contributed by atoms with van der Waals surface area (Å²) in [5.74, 6) is -1.20. The molecular formula is C13H8FN3O2. The summed E-state index contributed by atoms with van der Waals surface area (Å²) in [6.07, 6.45) is 0. The molecule has 3 rings (SSSR count). The molecule has 2 heterocycles. The Balaban J connectivity index is 2.22. The molecule has 19 heavy (non-hydrogen) atoms. The largest absolute Gasteiger partial charge is 0.477 e. The number of hydrogen-bond donors (Lipinski definition) is 1. The number of nitrogens with zero attached hydrogens (tertiary/aromatic N) is 3. The first-order chi connectivity index (χ1) is 9.15. The summed E-state index contributed by atoms with van der Waals surface area (Å²) in [5.41, 5.74) is 0.909. The first-order valence-electron chi connectivity index (χ1n) is 5.50. The molecule has 3 aromatic rings. The van der Waals surface area contributed by atoms with Crippen molar-refractivity contribution < 1.29 is 14.3 Å². The van der Waals surface area contributed by atoms with E-state index in [9.17, 15) is 9.18 Å². The van der Waals surface area contributed by atoms with Crippen molar-refractivity contribution in [3.8, 4) is 11.4 Å². The highest BCUT2D eigenvalue weighted by molar-refractivity contribution is 5.86. The molecule has 0 atom stereocenters. The molecule has 0 aliphatic heterocycles. The second-order valence-electron chi connectivity index (χ2n) is 3.93. The Labute approximate surface area is 107 Å². The Morgan fingerprint density at radius 2 is 2.00 bits per heavy atom. The number of aromatic carboxylic acids is 1. The summed E-state index contributed by atoms with van der Waals surface area (Å²) in [7, 11) is 0.